The standard InChI is InChI=1S/C8H18N2O2/c1-5-6-7(9-2)8(11)10(3)12-4/h7,9H,5-6H2,1-4H3/t7-/m0/s1. The van der Waals surface area contributed by atoms with Gasteiger partial charge < -0.3 is 5.32 Å². The summed E-state index contributed by atoms with van der Waals surface area (Å²) in [6.45, 7) is 2.05. The highest BCUT2D eigenvalue weighted by molar-refractivity contribution is 5.80. The second-order valence-electron chi connectivity index (χ2n) is 2.65. The second kappa shape index (κ2) is 5.97. The average molecular weight is 174 g/mol. The SMILES string of the molecule is CCC[C@H](NC)C(=O)N(C)OC. The van der Waals surface area contributed by atoms with Crippen LogP contribution in [-0.2, 0) is 9.63 Å². The third-order valence-electron chi connectivity index (χ3n) is 1.81. The Kier molecular flexibility index (Phi) is 5.66. The van der Waals surface area contributed by atoms with Crippen molar-refractivity contribution in [2.45, 2.75) is 25.8 Å². The molecule has 0 spiro atoms. The molecule has 0 saturated heterocycles. The summed E-state index contributed by atoms with van der Waals surface area (Å²) in [5.41, 5.74) is 0. The normalized spacial score (nSPS) is 12.7. The van der Waals surface area contributed by atoms with Crippen molar-refractivity contribution in [1.82, 2.24) is 10.4 Å². The number of nitrogens with one attached hydrogen (secondary N) is 1. The van der Waals surface area contributed by atoms with Gasteiger partial charge in [0.1, 0.15) is 0 Å². The highest BCUT2D eigenvalue weighted by Gasteiger charge is 2.18. The predicted octanol–water partition coefficient (Wildman–Crippen LogP) is 0.394. The second-order valence-corrected chi connectivity index (χ2v) is 2.65. The molecular weight excluding hydrogens is 156 g/mol. The first-order valence-electron chi connectivity index (χ1n) is 4.16. The summed E-state index contributed by atoms with van der Waals surface area (Å²) < 4.78 is 0. The maximum Gasteiger partial charge on any atom is 0.262 e. The number of amides is 1. The molecule has 0 aromatic heterocycles. The molecule has 12 heavy (non-hydrogen) atoms. The third kappa shape index (κ3) is 3.19. The molecule has 0 aliphatic heterocycles. The molecule has 0 saturated carbocycles. The lowest BCUT2D eigenvalue weighted by Gasteiger charge is -2.20. The molecule has 0 heterocycles. The van der Waals surface area contributed by atoms with Gasteiger partial charge in [-0.2, -0.15) is 0 Å². The number of hydrogen-bond acceptors (Lipinski definition) is 3. The van der Waals surface area contributed by atoms with Crippen molar-refractivity contribution in [3.05, 3.63) is 0 Å². The lowest BCUT2D eigenvalue weighted by molar-refractivity contribution is -0.171. The van der Waals surface area contributed by atoms with Crippen LogP contribution in [0.2, 0.25) is 0 Å². The Morgan fingerprint density at radius 1 is 1.67 bits per heavy atom. The van der Waals surface area contributed by atoms with Gasteiger partial charge in [0.15, 0.2) is 0 Å². The van der Waals surface area contributed by atoms with Gasteiger partial charge in [0.2, 0.25) is 0 Å². The average Bonchev–Trinajstić information content (AvgIpc) is 2.11. The van der Waals surface area contributed by atoms with Gasteiger partial charge in [-0.1, -0.05) is 13.3 Å². The topological polar surface area (TPSA) is 41.6 Å². The van der Waals surface area contributed by atoms with Crippen molar-refractivity contribution >= 4 is 5.91 Å². The molecule has 0 bridgehead atoms. The van der Waals surface area contributed by atoms with Crippen molar-refractivity contribution in [3.63, 3.8) is 0 Å². The maximum atomic E-state index is 11.4. The van der Waals surface area contributed by atoms with Crippen molar-refractivity contribution < 1.29 is 9.63 Å². The number of rotatable bonds is 5. The molecule has 72 valence electrons. The molecule has 1 amide bonds. The van der Waals surface area contributed by atoms with Gasteiger partial charge in [0, 0.05) is 7.05 Å². The molecule has 0 aliphatic rings. The number of nitrogens with zero attached hydrogens (tertiary/aromatic N) is 1. The molecule has 0 radical (unpaired) electrons. The van der Waals surface area contributed by atoms with Gasteiger partial charge in [0.05, 0.1) is 13.2 Å². The van der Waals surface area contributed by atoms with Gasteiger partial charge in [0.25, 0.3) is 5.91 Å². The Bertz CT molecular complexity index is 139. The number of carbonyl (C=O) groups is 1. The minimum atomic E-state index is -0.125. The van der Waals surface area contributed by atoms with Crippen LogP contribution in [0.1, 0.15) is 19.8 Å². The Morgan fingerprint density at radius 3 is 2.58 bits per heavy atom. The Morgan fingerprint density at radius 2 is 2.25 bits per heavy atom. The van der Waals surface area contributed by atoms with E-state index in [0.29, 0.717) is 0 Å². The zero-order valence-corrected chi connectivity index (χ0v) is 8.26. The summed E-state index contributed by atoms with van der Waals surface area (Å²) in [5, 5.41) is 4.19. The first kappa shape index (κ1) is 11.4. The van der Waals surface area contributed by atoms with E-state index in [4.69, 9.17) is 4.84 Å². The molecule has 0 aromatic carbocycles. The van der Waals surface area contributed by atoms with Crippen LogP contribution in [0.4, 0.5) is 0 Å². The van der Waals surface area contributed by atoms with Gasteiger partial charge in [-0.05, 0) is 13.5 Å². The fourth-order valence-corrected chi connectivity index (χ4v) is 0.989. The lowest BCUT2D eigenvalue weighted by atomic mass is 10.1. The molecule has 0 aromatic rings. The summed E-state index contributed by atoms with van der Waals surface area (Å²) in [6, 6.07) is -0.125. The Balaban J connectivity index is 4.01. The molecule has 4 nitrogen and oxygen atoms in total. The minimum absolute atomic E-state index is 0.0261. The summed E-state index contributed by atoms with van der Waals surface area (Å²) in [5.74, 6) is -0.0261. The maximum absolute atomic E-state index is 11.4. The monoisotopic (exact) mass is 174 g/mol. The van der Waals surface area contributed by atoms with E-state index in [1.165, 1.54) is 12.2 Å². The van der Waals surface area contributed by atoms with E-state index < -0.39 is 0 Å². The van der Waals surface area contributed by atoms with E-state index in [9.17, 15) is 4.79 Å². The molecule has 0 rings (SSSR count). The van der Waals surface area contributed by atoms with E-state index in [1.54, 1.807) is 14.1 Å². The molecule has 4 heteroatoms. The van der Waals surface area contributed by atoms with Crippen LogP contribution in [0.25, 0.3) is 0 Å². The largest absolute Gasteiger partial charge is 0.309 e. The number of carbonyl (C=O) groups excluding carboxylic acids is 1. The highest BCUT2D eigenvalue weighted by atomic mass is 16.7. The lowest BCUT2D eigenvalue weighted by Crippen LogP contribution is -2.42. The van der Waals surface area contributed by atoms with Crippen LogP contribution >= 0.6 is 0 Å². The number of hydrogen-bond donors (Lipinski definition) is 1. The van der Waals surface area contributed by atoms with E-state index in [0.717, 1.165) is 12.8 Å². The van der Waals surface area contributed by atoms with E-state index in [1.807, 2.05) is 6.92 Å². The molecule has 1 N–H and O–H groups in total. The van der Waals surface area contributed by atoms with Gasteiger partial charge in [-0.3, -0.25) is 9.63 Å². The summed E-state index contributed by atoms with van der Waals surface area (Å²) in [4.78, 5) is 16.2. The van der Waals surface area contributed by atoms with Crippen molar-refractivity contribution in [2.24, 2.45) is 0 Å². The van der Waals surface area contributed by atoms with Crippen molar-refractivity contribution in [1.29, 1.82) is 0 Å². The van der Waals surface area contributed by atoms with Crippen LogP contribution in [0.15, 0.2) is 0 Å². The van der Waals surface area contributed by atoms with Gasteiger partial charge in [-0.25, -0.2) is 5.06 Å². The van der Waals surface area contributed by atoms with E-state index in [-0.39, 0.29) is 11.9 Å². The molecule has 0 fully saturated rings. The fraction of sp³-hybridized carbons (Fsp3) is 0.875. The highest BCUT2D eigenvalue weighted by Crippen LogP contribution is 2.00. The summed E-state index contributed by atoms with van der Waals surface area (Å²) in [7, 11) is 4.88. The zero-order chi connectivity index (χ0) is 9.56. The smallest absolute Gasteiger partial charge is 0.262 e. The molecule has 0 aliphatic carbocycles. The van der Waals surface area contributed by atoms with Crippen LogP contribution < -0.4 is 5.32 Å². The van der Waals surface area contributed by atoms with Crippen molar-refractivity contribution in [2.75, 3.05) is 21.2 Å². The quantitative estimate of drug-likeness (QED) is 0.613. The Hall–Kier alpha value is -0.610. The van der Waals surface area contributed by atoms with Gasteiger partial charge in [-0.15, -0.1) is 0 Å². The number of hydroxylamine groups is 2. The van der Waals surface area contributed by atoms with Crippen LogP contribution in [0.5, 0.6) is 0 Å². The minimum Gasteiger partial charge on any atom is -0.309 e. The van der Waals surface area contributed by atoms with Crippen LogP contribution in [-0.4, -0.2) is 38.2 Å². The van der Waals surface area contributed by atoms with E-state index in [2.05, 4.69) is 5.32 Å². The molecule has 0 unspecified atom stereocenters. The summed E-state index contributed by atoms with van der Waals surface area (Å²) >= 11 is 0. The van der Waals surface area contributed by atoms with Gasteiger partial charge >= 0.3 is 0 Å². The first-order valence-corrected chi connectivity index (χ1v) is 4.16. The summed E-state index contributed by atoms with van der Waals surface area (Å²) in [6.07, 6.45) is 1.82. The van der Waals surface area contributed by atoms with Crippen LogP contribution in [0, 0.1) is 0 Å². The third-order valence-corrected chi connectivity index (χ3v) is 1.81. The number of likely N-dealkylation sites (N-methyl/N-ethyl adjacent to an activating group) is 2. The Labute approximate surface area is 73.8 Å². The fourth-order valence-electron chi connectivity index (χ4n) is 0.989. The first-order chi connectivity index (χ1) is 5.67. The van der Waals surface area contributed by atoms with Crippen molar-refractivity contribution in [3.8, 4) is 0 Å². The molecule has 1 atom stereocenters. The predicted molar refractivity (Wildman–Crippen MR) is 47.5 cm³/mol. The zero-order valence-electron chi connectivity index (χ0n) is 8.26. The van der Waals surface area contributed by atoms with E-state index >= 15 is 0 Å². The van der Waals surface area contributed by atoms with Crippen LogP contribution in [0.3, 0.4) is 0 Å². The molecular formula is C8H18N2O2.